The summed E-state index contributed by atoms with van der Waals surface area (Å²) in [5.74, 6) is -1.28. The number of Topliss-reactive ketones (excluding diaryl/α,β-unsaturated/α-hetero) is 1. The third-order valence-corrected chi connectivity index (χ3v) is 6.83. The van der Waals surface area contributed by atoms with Gasteiger partial charge < -0.3 is 14.9 Å². The normalized spacial score (nSPS) is 17.5. The summed E-state index contributed by atoms with van der Waals surface area (Å²) in [6, 6.07) is 16.8. The Morgan fingerprint density at radius 2 is 1.76 bits per heavy atom. The third-order valence-electron chi connectivity index (χ3n) is 5.56. The highest BCUT2D eigenvalue weighted by molar-refractivity contribution is 7.22. The van der Waals surface area contributed by atoms with Gasteiger partial charge in [0.05, 0.1) is 28.9 Å². The molecule has 34 heavy (non-hydrogen) atoms. The molecule has 170 valence electrons. The van der Waals surface area contributed by atoms with Crippen LogP contribution < -0.4 is 9.64 Å². The van der Waals surface area contributed by atoms with Gasteiger partial charge in [-0.2, -0.15) is 0 Å². The molecule has 1 saturated heterocycles. The maximum Gasteiger partial charge on any atom is 0.301 e. The van der Waals surface area contributed by atoms with Crippen LogP contribution >= 0.6 is 22.9 Å². The first-order chi connectivity index (χ1) is 16.4. The number of amides is 1. The maximum atomic E-state index is 13.3. The van der Waals surface area contributed by atoms with Crippen molar-refractivity contribution in [1.29, 1.82) is 0 Å². The molecule has 3 aromatic carbocycles. The Kier molecular flexibility index (Phi) is 5.47. The Hall–Kier alpha value is -3.88. The van der Waals surface area contributed by atoms with Crippen LogP contribution in [0.1, 0.15) is 17.2 Å². The molecule has 1 unspecified atom stereocenters. The molecule has 9 heteroatoms. The summed E-state index contributed by atoms with van der Waals surface area (Å²) in [5, 5.41) is 21.7. The molecule has 7 nitrogen and oxygen atoms in total. The summed E-state index contributed by atoms with van der Waals surface area (Å²) in [4.78, 5) is 32.3. The number of hydrogen-bond acceptors (Lipinski definition) is 7. The van der Waals surface area contributed by atoms with E-state index in [4.69, 9.17) is 16.3 Å². The number of carbonyl (C=O) groups is 2. The molecular weight excluding hydrogens is 476 g/mol. The van der Waals surface area contributed by atoms with Crippen LogP contribution in [0.4, 0.5) is 5.13 Å². The molecule has 1 amide bonds. The quantitative estimate of drug-likeness (QED) is 0.228. The third kappa shape index (κ3) is 3.67. The van der Waals surface area contributed by atoms with Gasteiger partial charge in [-0.05, 0) is 60.2 Å². The van der Waals surface area contributed by atoms with E-state index in [9.17, 15) is 19.8 Å². The highest BCUT2D eigenvalue weighted by Crippen LogP contribution is 2.44. The molecule has 0 saturated carbocycles. The van der Waals surface area contributed by atoms with Crippen molar-refractivity contribution < 1.29 is 24.5 Å². The van der Waals surface area contributed by atoms with Crippen molar-refractivity contribution >= 4 is 55.7 Å². The number of nitrogens with zero attached hydrogens (tertiary/aromatic N) is 2. The molecular formula is C25H17ClN2O5S. The van der Waals surface area contributed by atoms with Crippen LogP contribution in [-0.4, -0.2) is 34.0 Å². The van der Waals surface area contributed by atoms with E-state index < -0.39 is 17.7 Å². The lowest BCUT2D eigenvalue weighted by molar-refractivity contribution is -0.132. The highest BCUT2D eigenvalue weighted by Gasteiger charge is 2.48. The number of ether oxygens (including phenoxy) is 1. The Morgan fingerprint density at radius 1 is 1.06 bits per heavy atom. The van der Waals surface area contributed by atoms with Crippen LogP contribution in [0.2, 0.25) is 5.02 Å². The highest BCUT2D eigenvalue weighted by atomic mass is 35.5. The van der Waals surface area contributed by atoms with Gasteiger partial charge in [-0.15, -0.1) is 0 Å². The topological polar surface area (TPSA) is 100.0 Å². The molecule has 0 aliphatic carbocycles. The molecule has 1 aliphatic heterocycles. The molecule has 5 rings (SSSR count). The molecule has 1 aliphatic rings. The predicted molar refractivity (Wildman–Crippen MR) is 131 cm³/mol. The number of carbonyl (C=O) groups excluding carboxylic acids is 2. The van der Waals surface area contributed by atoms with Crippen LogP contribution in [0.5, 0.6) is 11.5 Å². The second kappa shape index (κ2) is 8.48. The van der Waals surface area contributed by atoms with E-state index >= 15 is 0 Å². The molecule has 2 N–H and O–H groups in total. The van der Waals surface area contributed by atoms with Gasteiger partial charge in [0.25, 0.3) is 5.78 Å². The van der Waals surface area contributed by atoms with E-state index in [1.54, 1.807) is 61.7 Å². The van der Waals surface area contributed by atoms with Crippen LogP contribution in [-0.2, 0) is 9.59 Å². The monoisotopic (exact) mass is 492 g/mol. The van der Waals surface area contributed by atoms with Crippen molar-refractivity contribution in [3.63, 3.8) is 0 Å². The molecule has 0 spiro atoms. The first-order valence-electron chi connectivity index (χ1n) is 10.2. The lowest BCUT2D eigenvalue weighted by Gasteiger charge is -2.23. The number of rotatable bonds is 4. The summed E-state index contributed by atoms with van der Waals surface area (Å²) in [6.45, 7) is 0. The molecule has 2 heterocycles. The molecule has 1 fully saturated rings. The van der Waals surface area contributed by atoms with Crippen molar-refractivity contribution in [1.82, 2.24) is 4.98 Å². The van der Waals surface area contributed by atoms with E-state index in [1.165, 1.54) is 28.4 Å². The average Bonchev–Trinajstić information content (AvgIpc) is 3.37. The number of ketones is 1. The van der Waals surface area contributed by atoms with E-state index in [-0.39, 0.29) is 17.1 Å². The number of aliphatic hydroxyl groups is 1. The summed E-state index contributed by atoms with van der Waals surface area (Å²) >= 11 is 7.20. The number of fused-ring (bicyclic) bond motifs is 1. The van der Waals surface area contributed by atoms with Gasteiger partial charge in [0.1, 0.15) is 17.3 Å². The van der Waals surface area contributed by atoms with Gasteiger partial charge in [0.15, 0.2) is 5.13 Å². The number of halogens is 1. The molecule has 0 radical (unpaired) electrons. The Bertz CT molecular complexity index is 1460. The summed E-state index contributed by atoms with van der Waals surface area (Å²) in [7, 11) is 1.56. The van der Waals surface area contributed by atoms with Gasteiger partial charge >= 0.3 is 5.91 Å². The largest absolute Gasteiger partial charge is 0.508 e. The lowest BCUT2D eigenvalue weighted by Crippen LogP contribution is -2.29. The minimum Gasteiger partial charge on any atom is -0.508 e. The van der Waals surface area contributed by atoms with Crippen LogP contribution in [0.15, 0.2) is 72.3 Å². The minimum atomic E-state index is -0.946. The number of phenols is 1. The molecule has 1 atom stereocenters. The van der Waals surface area contributed by atoms with Crippen LogP contribution in [0.3, 0.4) is 0 Å². The summed E-state index contributed by atoms with van der Waals surface area (Å²) in [5.41, 5.74) is 1.45. The fourth-order valence-corrected chi connectivity index (χ4v) is 5.03. The molecule has 1 aromatic heterocycles. The van der Waals surface area contributed by atoms with E-state index in [0.717, 1.165) is 4.70 Å². The Morgan fingerprint density at radius 3 is 2.44 bits per heavy atom. The second-order valence-electron chi connectivity index (χ2n) is 7.60. The number of hydrogen-bond donors (Lipinski definition) is 2. The van der Waals surface area contributed by atoms with E-state index in [0.29, 0.717) is 32.5 Å². The first-order valence-corrected chi connectivity index (χ1v) is 11.4. The summed E-state index contributed by atoms with van der Waals surface area (Å²) in [6.07, 6.45) is 0. The average molecular weight is 493 g/mol. The zero-order valence-corrected chi connectivity index (χ0v) is 19.3. The fourth-order valence-electron chi connectivity index (χ4n) is 3.89. The second-order valence-corrected chi connectivity index (χ2v) is 9.04. The maximum absolute atomic E-state index is 13.3. The van der Waals surface area contributed by atoms with E-state index in [1.807, 2.05) is 0 Å². The van der Waals surface area contributed by atoms with E-state index in [2.05, 4.69) is 4.98 Å². The van der Waals surface area contributed by atoms with Gasteiger partial charge in [-0.1, -0.05) is 35.1 Å². The number of anilines is 1. The smallest absolute Gasteiger partial charge is 0.301 e. The zero-order valence-electron chi connectivity index (χ0n) is 17.7. The van der Waals surface area contributed by atoms with Gasteiger partial charge in [-0.3, -0.25) is 14.5 Å². The Labute approximate surface area is 203 Å². The standard InChI is InChI=1S/C25H17ClN2O5S/c1-33-17-10-11-18-19(12-17)34-25(27-18)28-21(13-4-8-16(29)9-5-13)20(23(31)24(28)32)22(30)14-2-6-15(26)7-3-14/h2-12,21,29-30H,1H3/b22-20+. The number of aromatic nitrogens is 1. The van der Waals surface area contributed by atoms with Gasteiger partial charge in [0.2, 0.25) is 0 Å². The van der Waals surface area contributed by atoms with Crippen molar-refractivity contribution in [3.05, 3.63) is 88.5 Å². The van der Waals surface area contributed by atoms with Gasteiger partial charge in [-0.25, -0.2) is 4.98 Å². The minimum absolute atomic E-state index is 0.0329. The van der Waals surface area contributed by atoms with Crippen LogP contribution in [0, 0.1) is 0 Å². The van der Waals surface area contributed by atoms with Crippen molar-refractivity contribution in [2.45, 2.75) is 6.04 Å². The first kappa shape index (κ1) is 21.9. The number of aliphatic hydroxyl groups excluding tert-OH is 1. The number of benzene rings is 3. The zero-order chi connectivity index (χ0) is 24.0. The Balaban J connectivity index is 1.71. The molecule has 4 aromatic rings. The number of thiazole rings is 1. The molecule has 0 bridgehead atoms. The number of phenolic OH excluding ortho intramolecular Hbond substituents is 1. The fraction of sp³-hybridized carbons (Fsp3) is 0.0800. The van der Waals surface area contributed by atoms with Crippen LogP contribution in [0.25, 0.3) is 16.0 Å². The SMILES string of the molecule is COc1ccc2nc(N3C(=O)C(=O)/C(=C(/O)c4ccc(Cl)cc4)C3c3ccc(O)cc3)sc2c1. The van der Waals surface area contributed by atoms with Crippen molar-refractivity contribution in [3.8, 4) is 11.5 Å². The predicted octanol–water partition coefficient (Wildman–Crippen LogP) is 5.29. The van der Waals surface area contributed by atoms with Crippen molar-refractivity contribution in [2.24, 2.45) is 0 Å². The lowest BCUT2D eigenvalue weighted by atomic mass is 9.95. The van der Waals surface area contributed by atoms with Crippen molar-refractivity contribution in [2.75, 3.05) is 12.0 Å². The van der Waals surface area contributed by atoms with Gasteiger partial charge in [0, 0.05) is 10.6 Å². The summed E-state index contributed by atoms with van der Waals surface area (Å²) < 4.78 is 6.05. The number of methoxy groups -OCH3 is 1. The number of aromatic hydroxyl groups is 1.